The number of hydrogen-bond donors (Lipinski definition) is 3. The molecule has 0 aromatic carbocycles. The zero-order valence-corrected chi connectivity index (χ0v) is 15.2. The molecule has 4 N–H and O–H groups in total. The number of ether oxygens (including phenoxy) is 1. The number of pyridine rings is 1. The molecule has 8 heteroatoms. The van der Waals surface area contributed by atoms with E-state index in [1.165, 1.54) is 11.9 Å². The Morgan fingerprint density at radius 1 is 1.30 bits per heavy atom. The Morgan fingerprint density at radius 3 is 2.89 bits per heavy atom. The van der Waals surface area contributed by atoms with Crippen molar-refractivity contribution in [2.75, 3.05) is 31.6 Å². The highest BCUT2D eigenvalue weighted by Gasteiger charge is 2.19. The van der Waals surface area contributed by atoms with E-state index >= 15 is 0 Å². The van der Waals surface area contributed by atoms with Gasteiger partial charge in [-0.25, -0.2) is 15.0 Å². The van der Waals surface area contributed by atoms with Crippen molar-refractivity contribution in [1.29, 1.82) is 0 Å². The van der Waals surface area contributed by atoms with Gasteiger partial charge in [0.15, 0.2) is 5.82 Å². The van der Waals surface area contributed by atoms with Crippen molar-refractivity contribution in [1.82, 2.24) is 20.3 Å². The molecule has 1 amide bonds. The molecule has 4 heterocycles. The SMILES string of the molecule is NC(=O)c1cc(C=C2CCOCC2)nc2c(N[C@H]3CCCNC3)ncnc12. The van der Waals surface area contributed by atoms with Gasteiger partial charge in [-0.05, 0) is 44.4 Å². The summed E-state index contributed by atoms with van der Waals surface area (Å²) in [7, 11) is 0. The number of anilines is 1. The van der Waals surface area contributed by atoms with Crippen LogP contribution in [0.3, 0.4) is 0 Å². The molecule has 0 unspecified atom stereocenters. The Hall–Kier alpha value is -2.58. The van der Waals surface area contributed by atoms with E-state index in [0.29, 0.717) is 41.3 Å². The van der Waals surface area contributed by atoms with Crippen molar-refractivity contribution in [3.63, 3.8) is 0 Å². The van der Waals surface area contributed by atoms with E-state index in [1.54, 1.807) is 6.07 Å². The first-order valence-corrected chi connectivity index (χ1v) is 9.41. The summed E-state index contributed by atoms with van der Waals surface area (Å²) < 4.78 is 5.40. The third kappa shape index (κ3) is 4.06. The summed E-state index contributed by atoms with van der Waals surface area (Å²) in [6.45, 7) is 3.34. The predicted molar refractivity (Wildman–Crippen MR) is 103 cm³/mol. The van der Waals surface area contributed by atoms with Gasteiger partial charge in [-0.2, -0.15) is 0 Å². The quantitative estimate of drug-likeness (QED) is 0.749. The molecule has 2 saturated heterocycles. The standard InChI is InChI=1S/C19H24N6O2/c20-18(26)15-9-14(8-12-3-6-27-7-4-12)24-17-16(15)22-11-23-19(17)25-13-2-1-5-21-10-13/h8-9,11,13,21H,1-7,10H2,(H2,20,26)(H,22,23,25)/t13-/m0/s1. The number of nitrogens with one attached hydrogen (secondary N) is 2. The largest absolute Gasteiger partial charge is 0.381 e. The third-order valence-corrected chi connectivity index (χ3v) is 5.00. The van der Waals surface area contributed by atoms with Gasteiger partial charge >= 0.3 is 0 Å². The highest BCUT2D eigenvalue weighted by Crippen LogP contribution is 2.25. The van der Waals surface area contributed by atoms with E-state index in [2.05, 4.69) is 20.6 Å². The van der Waals surface area contributed by atoms with E-state index in [1.807, 2.05) is 6.08 Å². The van der Waals surface area contributed by atoms with Gasteiger partial charge in [0.2, 0.25) is 0 Å². The molecule has 0 radical (unpaired) electrons. The van der Waals surface area contributed by atoms with Crippen molar-refractivity contribution in [2.24, 2.45) is 5.73 Å². The normalized spacial score (nSPS) is 20.4. The molecule has 1 atom stereocenters. The zero-order chi connectivity index (χ0) is 18.6. The Bertz CT molecular complexity index is 868. The minimum absolute atomic E-state index is 0.271. The molecule has 2 aliphatic rings. The number of nitrogens with two attached hydrogens (primary N) is 1. The summed E-state index contributed by atoms with van der Waals surface area (Å²) in [5.41, 5.74) is 9.01. The molecule has 2 aliphatic heterocycles. The summed E-state index contributed by atoms with van der Waals surface area (Å²) in [5, 5.41) is 6.83. The predicted octanol–water partition coefficient (Wildman–Crippen LogP) is 1.48. The van der Waals surface area contributed by atoms with E-state index in [-0.39, 0.29) is 6.04 Å². The molecule has 2 aromatic heterocycles. The summed E-state index contributed by atoms with van der Waals surface area (Å²) in [4.78, 5) is 25.4. The molecule has 27 heavy (non-hydrogen) atoms. The number of primary amides is 1. The van der Waals surface area contributed by atoms with E-state index < -0.39 is 5.91 Å². The second-order valence-electron chi connectivity index (χ2n) is 6.98. The fourth-order valence-electron chi connectivity index (χ4n) is 3.58. The second kappa shape index (κ2) is 7.98. The molecule has 0 aliphatic carbocycles. The number of amides is 1. The van der Waals surface area contributed by atoms with Crippen molar-refractivity contribution in [3.8, 4) is 0 Å². The molecular weight excluding hydrogens is 344 g/mol. The van der Waals surface area contributed by atoms with Gasteiger partial charge in [-0.3, -0.25) is 4.79 Å². The maximum atomic E-state index is 12.0. The van der Waals surface area contributed by atoms with Crippen LogP contribution in [0.1, 0.15) is 41.7 Å². The highest BCUT2D eigenvalue weighted by molar-refractivity contribution is 6.06. The molecule has 2 fully saturated rings. The number of carbonyl (C=O) groups is 1. The average Bonchev–Trinajstić information content (AvgIpc) is 2.69. The lowest BCUT2D eigenvalue weighted by Crippen LogP contribution is -2.38. The number of rotatable bonds is 4. The Balaban J connectivity index is 1.76. The molecule has 0 saturated carbocycles. The number of piperidine rings is 1. The number of aromatic nitrogens is 3. The smallest absolute Gasteiger partial charge is 0.251 e. The summed E-state index contributed by atoms with van der Waals surface area (Å²) in [6.07, 6.45) is 7.38. The number of fused-ring (bicyclic) bond motifs is 1. The number of carbonyl (C=O) groups excluding carboxylic acids is 1. The van der Waals surface area contributed by atoms with Crippen LogP contribution in [0.5, 0.6) is 0 Å². The van der Waals surface area contributed by atoms with Gasteiger partial charge < -0.3 is 21.1 Å². The number of hydrogen-bond acceptors (Lipinski definition) is 7. The monoisotopic (exact) mass is 368 g/mol. The van der Waals surface area contributed by atoms with Gasteiger partial charge in [-0.1, -0.05) is 5.57 Å². The first kappa shape index (κ1) is 17.8. The first-order chi connectivity index (χ1) is 13.2. The fourth-order valence-corrected chi connectivity index (χ4v) is 3.58. The zero-order valence-electron chi connectivity index (χ0n) is 15.2. The van der Waals surface area contributed by atoms with Gasteiger partial charge in [0.05, 0.1) is 24.5 Å². The topological polar surface area (TPSA) is 115 Å². The second-order valence-corrected chi connectivity index (χ2v) is 6.98. The molecule has 0 spiro atoms. The van der Waals surface area contributed by atoms with Crippen molar-refractivity contribution >= 4 is 28.8 Å². The Kier molecular flexibility index (Phi) is 5.26. The Labute approximate surface area is 157 Å². The summed E-state index contributed by atoms with van der Waals surface area (Å²) in [5.74, 6) is 0.126. The number of nitrogens with zero attached hydrogens (tertiary/aromatic N) is 3. The molecule has 142 valence electrons. The molecule has 4 rings (SSSR count). The van der Waals surface area contributed by atoms with Gasteiger partial charge in [0.25, 0.3) is 5.91 Å². The van der Waals surface area contributed by atoms with Crippen LogP contribution in [0.4, 0.5) is 5.82 Å². The molecule has 0 bridgehead atoms. The maximum absolute atomic E-state index is 12.0. The van der Waals surface area contributed by atoms with Gasteiger partial charge in [0.1, 0.15) is 17.4 Å². The van der Waals surface area contributed by atoms with Crippen LogP contribution in [-0.4, -0.2) is 53.2 Å². The minimum atomic E-state index is -0.516. The van der Waals surface area contributed by atoms with Crippen LogP contribution in [0.25, 0.3) is 17.1 Å². The Morgan fingerprint density at radius 2 is 2.15 bits per heavy atom. The van der Waals surface area contributed by atoms with Crippen LogP contribution in [0.15, 0.2) is 18.0 Å². The molecule has 2 aromatic rings. The highest BCUT2D eigenvalue weighted by atomic mass is 16.5. The van der Waals surface area contributed by atoms with Crippen molar-refractivity contribution < 1.29 is 9.53 Å². The van der Waals surface area contributed by atoms with Crippen LogP contribution < -0.4 is 16.4 Å². The third-order valence-electron chi connectivity index (χ3n) is 5.00. The van der Waals surface area contributed by atoms with Crippen LogP contribution in [-0.2, 0) is 4.74 Å². The lowest BCUT2D eigenvalue weighted by molar-refractivity contribution is 0.100. The van der Waals surface area contributed by atoms with Gasteiger partial charge in [-0.15, -0.1) is 0 Å². The lowest BCUT2D eigenvalue weighted by Gasteiger charge is -2.24. The average molecular weight is 368 g/mol. The lowest BCUT2D eigenvalue weighted by atomic mass is 10.0. The van der Waals surface area contributed by atoms with Crippen LogP contribution >= 0.6 is 0 Å². The van der Waals surface area contributed by atoms with Crippen molar-refractivity contribution in [3.05, 3.63) is 29.2 Å². The van der Waals surface area contributed by atoms with Crippen molar-refractivity contribution in [2.45, 2.75) is 31.7 Å². The van der Waals surface area contributed by atoms with E-state index in [9.17, 15) is 4.79 Å². The summed E-state index contributed by atoms with van der Waals surface area (Å²) >= 11 is 0. The maximum Gasteiger partial charge on any atom is 0.251 e. The van der Waals surface area contributed by atoms with E-state index in [4.69, 9.17) is 15.5 Å². The molecular formula is C19H24N6O2. The van der Waals surface area contributed by atoms with Gasteiger partial charge in [0, 0.05) is 12.6 Å². The van der Waals surface area contributed by atoms with E-state index in [0.717, 1.165) is 38.8 Å². The van der Waals surface area contributed by atoms with Crippen LogP contribution in [0.2, 0.25) is 0 Å². The first-order valence-electron chi connectivity index (χ1n) is 9.41. The summed E-state index contributed by atoms with van der Waals surface area (Å²) in [6, 6.07) is 1.99. The fraction of sp³-hybridized carbons (Fsp3) is 0.474. The molecule has 8 nitrogen and oxygen atoms in total. The van der Waals surface area contributed by atoms with Crippen LogP contribution in [0, 0.1) is 0 Å². The minimum Gasteiger partial charge on any atom is -0.381 e.